The third-order valence-corrected chi connectivity index (χ3v) is 13.7. The Morgan fingerprint density at radius 2 is 0.551 bits per heavy atom. The Bertz CT molecular complexity index is 4240. The molecule has 14 aromatic rings. The molecule has 6 heteroatoms. The molecule has 10 aromatic carbocycles. The largest absolute Gasteiger partial charge is 0.309 e. The summed E-state index contributed by atoms with van der Waals surface area (Å²) in [5.74, 6) is 1.81. The maximum atomic E-state index is 5.32. The summed E-state index contributed by atoms with van der Waals surface area (Å²) in [6.07, 6.45) is 0. The van der Waals surface area contributed by atoms with Crippen molar-refractivity contribution in [3.05, 3.63) is 243 Å². The molecular formula is C63H40N6. The number of aromatic nitrogens is 6. The van der Waals surface area contributed by atoms with E-state index in [-0.39, 0.29) is 0 Å². The molecule has 0 aliphatic rings. The molecule has 0 aliphatic carbocycles. The van der Waals surface area contributed by atoms with Gasteiger partial charge < -0.3 is 13.7 Å². The zero-order valence-electron chi connectivity index (χ0n) is 37.3. The van der Waals surface area contributed by atoms with Gasteiger partial charge in [0.05, 0.1) is 33.1 Å². The van der Waals surface area contributed by atoms with Crippen LogP contribution in [0.1, 0.15) is 0 Å². The van der Waals surface area contributed by atoms with Crippen LogP contribution >= 0.6 is 0 Å². The Hall–Kier alpha value is -9.39. The average Bonchev–Trinajstić information content (AvgIpc) is 4.07. The first-order valence-corrected chi connectivity index (χ1v) is 23.4. The summed E-state index contributed by atoms with van der Waals surface area (Å²) in [5.41, 5.74) is 15.1. The summed E-state index contributed by atoms with van der Waals surface area (Å²) in [7, 11) is 0. The van der Waals surface area contributed by atoms with E-state index in [2.05, 4.69) is 250 Å². The third kappa shape index (κ3) is 6.23. The first-order chi connectivity index (χ1) is 34.2. The second-order valence-corrected chi connectivity index (χ2v) is 17.6. The lowest BCUT2D eigenvalue weighted by atomic mass is 10.0. The second-order valence-electron chi connectivity index (χ2n) is 17.6. The lowest BCUT2D eigenvalue weighted by Gasteiger charge is -2.13. The van der Waals surface area contributed by atoms with E-state index >= 15 is 0 Å². The molecule has 0 saturated carbocycles. The lowest BCUT2D eigenvalue weighted by molar-refractivity contribution is 1.07. The topological polar surface area (TPSA) is 53.5 Å². The van der Waals surface area contributed by atoms with E-state index in [9.17, 15) is 0 Å². The molecule has 0 amide bonds. The zero-order chi connectivity index (χ0) is 45.4. The van der Waals surface area contributed by atoms with Crippen LogP contribution in [0.5, 0.6) is 0 Å². The van der Waals surface area contributed by atoms with Crippen LogP contribution in [-0.4, -0.2) is 28.7 Å². The average molecular weight is 881 g/mol. The van der Waals surface area contributed by atoms with Gasteiger partial charge in [-0.1, -0.05) is 170 Å². The van der Waals surface area contributed by atoms with E-state index in [0.717, 1.165) is 66.9 Å². The fourth-order valence-corrected chi connectivity index (χ4v) is 10.6. The first-order valence-electron chi connectivity index (χ1n) is 23.4. The van der Waals surface area contributed by atoms with Crippen LogP contribution in [0.3, 0.4) is 0 Å². The number of para-hydroxylation sites is 5. The molecule has 0 saturated heterocycles. The van der Waals surface area contributed by atoms with Gasteiger partial charge in [-0.25, -0.2) is 15.0 Å². The van der Waals surface area contributed by atoms with E-state index in [1.165, 1.54) is 43.4 Å². The van der Waals surface area contributed by atoms with Crippen molar-refractivity contribution in [2.75, 3.05) is 0 Å². The van der Waals surface area contributed by atoms with Gasteiger partial charge >= 0.3 is 0 Å². The van der Waals surface area contributed by atoms with Crippen molar-refractivity contribution in [3.8, 4) is 62.4 Å². The van der Waals surface area contributed by atoms with E-state index < -0.39 is 0 Å². The quantitative estimate of drug-likeness (QED) is 0.160. The molecular weight excluding hydrogens is 841 g/mol. The van der Waals surface area contributed by atoms with Crippen LogP contribution in [0.15, 0.2) is 243 Å². The number of nitrogens with zero attached hydrogens (tertiary/aromatic N) is 6. The highest BCUT2D eigenvalue weighted by Gasteiger charge is 2.22. The number of fused-ring (bicyclic) bond motifs is 10. The van der Waals surface area contributed by atoms with Gasteiger partial charge in [-0.05, 0) is 83.9 Å². The van der Waals surface area contributed by atoms with Crippen LogP contribution in [0.2, 0.25) is 0 Å². The summed E-state index contributed by atoms with van der Waals surface area (Å²) >= 11 is 0. The predicted octanol–water partition coefficient (Wildman–Crippen LogP) is 15.8. The van der Waals surface area contributed by atoms with Gasteiger partial charge in [-0.3, -0.25) is 0 Å². The summed E-state index contributed by atoms with van der Waals surface area (Å²) in [6, 6.07) is 86.1. The molecule has 0 N–H and O–H groups in total. The van der Waals surface area contributed by atoms with Crippen molar-refractivity contribution in [1.82, 2.24) is 28.7 Å². The van der Waals surface area contributed by atoms with Gasteiger partial charge in [0, 0.05) is 66.1 Å². The minimum Gasteiger partial charge on any atom is -0.309 e. The molecule has 0 spiro atoms. The second kappa shape index (κ2) is 15.6. The van der Waals surface area contributed by atoms with E-state index in [1.807, 2.05) is 6.07 Å². The minimum atomic E-state index is 0.598. The molecule has 0 unspecified atom stereocenters. The Morgan fingerprint density at radius 1 is 0.217 bits per heavy atom. The van der Waals surface area contributed by atoms with Crippen LogP contribution < -0.4 is 0 Å². The Labute approximate surface area is 397 Å². The molecule has 322 valence electrons. The summed E-state index contributed by atoms with van der Waals surface area (Å²) in [5, 5.41) is 7.33. The summed E-state index contributed by atoms with van der Waals surface area (Å²) < 4.78 is 7.12. The molecule has 6 nitrogen and oxygen atoms in total. The van der Waals surface area contributed by atoms with Gasteiger partial charge in [0.1, 0.15) is 0 Å². The van der Waals surface area contributed by atoms with Gasteiger partial charge in [-0.15, -0.1) is 0 Å². The van der Waals surface area contributed by atoms with Gasteiger partial charge in [0.25, 0.3) is 0 Å². The van der Waals surface area contributed by atoms with Gasteiger partial charge in [-0.2, -0.15) is 0 Å². The fraction of sp³-hybridized carbons (Fsp3) is 0. The van der Waals surface area contributed by atoms with Crippen LogP contribution in [0.4, 0.5) is 0 Å². The molecule has 0 aliphatic heterocycles. The van der Waals surface area contributed by atoms with Crippen molar-refractivity contribution in [2.45, 2.75) is 0 Å². The summed E-state index contributed by atoms with van der Waals surface area (Å²) in [4.78, 5) is 15.8. The molecule has 0 atom stereocenters. The lowest BCUT2D eigenvalue weighted by Crippen LogP contribution is -2.02. The SMILES string of the molecule is c1ccc(-c2ccc(-c3nc(-c4cccc(-n5c6ccccc6c6ccccc65)c4)nc(-c4cccc(-n5c6ccccc6c6c7c8ccccc8n(-c8ccccc8)c7ccc65)c4)n3)cc2)cc1. The fourth-order valence-electron chi connectivity index (χ4n) is 10.6. The highest BCUT2D eigenvalue weighted by Crippen LogP contribution is 2.43. The predicted molar refractivity (Wildman–Crippen MR) is 285 cm³/mol. The third-order valence-electron chi connectivity index (χ3n) is 13.7. The monoisotopic (exact) mass is 880 g/mol. The Morgan fingerprint density at radius 3 is 1.06 bits per heavy atom. The number of rotatable bonds is 7. The maximum Gasteiger partial charge on any atom is 0.164 e. The molecule has 0 radical (unpaired) electrons. The van der Waals surface area contributed by atoms with Crippen molar-refractivity contribution >= 4 is 65.4 Å². The van der Waals surface area contributed by atoms with Crippen molar-refractivity contribution < 1.29 is 0 Å². The molecule has 14 rings (SSSR count). The van der Waals surface area contributed by atoms with E-state index in [1.54, 1.807) is 0 Å². The standard InChI is InChI=1S/C63H40N6/c1-3-17-41(18-4-1)42-33-35-43(36-34-42)61-64-62(44-19-15-23-47(39-44)68-53-29-11-7-25-49(53)50-26-8-12-30-54(50)68)66-63(65-61)45-20-16-24-48(40-45)69-56-32-14-10-28-52(56)60-58(69)38-37-57-59(60)51-27-9-13-31-55(51)67(57)46-21-5-2-6-22-46/h1-40H. The summed E-state index contributed by atoms with van der Waals surface area (Å²) in [6.45, 7) is 0. The maximum absolute atomic E-state index is 5.32. The Kier molecular flexibility index (Phi) is 8.79. The highest BCUT2D eigenvalue weighted by molar-refractivity contribution is 6.29. The number of hydrogen-bond acceptors (Lipinski definition) is 3. The molecule has 4 aromatic heterocycles. The number of hydrogen-bond donors (Lipinski definition) is 0. The minimum absolute atomic E-state index is 0.598. The highest BCUT2D eigenvalue weighted by atomic mass is 15.0. The smallest absolute Gasteiger partial charge is 0.164 e. The zero-order valence-corrected chi connectivity index (χ0v) is 37.3. The molecule has 69 heavy (non-hydrogen) atoms. The molecule has 0 fully saturated rings. The van der Waals surface area contributed by atoms with Crippen LogP contribution in [0.25, 0.3) is 128 Å². The van der Waals surface area contributed by atoms with E-state index in [0.29, 0.717) is 17.5 Å². The van der Waals surface area contributed by atoms with Crippen molar-refractivity contribution in [3.63, 3.8) is 0 Å². The molecule has 0 bridgehead atoms. The Balaban J connectivity index is 0.954. The van der Waals surface area contributed by atoms with Crippen molar-refractivity contribution in [1.29, 1.82) is 0 Å². The van der Waals surface area contributed by atoms with Crippen LogP contribution in [-0.2, 0) is 0 Å². The van der Waals surface area contributed by atoms with Gasteiger partial charge in [0.2, 0.25) is 0 Å². The normalized spacial score (nSPS) is 11.8. The van der Waals surface area contributed by atoms with Gasteiger partial charge in [0.15, 0.2) is 17.5 Å². The first kappa shape index (κ1) is 38.8. The van der Waals surface area contributed by atoms with Crippen LogP contribution in [0, 0.1) is 0 Å². The van der Waals surface area contributed by atoms with E-state index in [4.69, 9.17) is 15.0 Å². The van der Waals surface area contributed by atoms with Crippen molar-refractivity contribution in [2.24, 2.45) is 0 Å². The number of benzene rings is 10. The molecule has 4 heterocycles.